The van der Waals surface area contributed by atoms with Crippen LogP contribution in [0.2, 0.25) is 0 Å². The van der Waals surface area contributed by atoms with Gasteiger partial charge in [-0.1, -0.05) is 15.9 Å². The van der Waals surface area contributed by atoms with Crippen LogP contribution in [0.4, 0.5) is 5.69 Å². The van der Waals surface area contributed by atoms with Crippen molar-refractivity contribution in [2.45, 2.75) is 0 Å². The molecule has 0 saturated carbocycles. The molecule has 0 heterocycles. The number of hydrogen-bond donors (Lipinski definition) is 2. The molecular formula is C13H10BrNO3. The molecule has 0 aromatic heterocycles. The Morgan fingerprint density at radius 2 is 1.72 bits per heavy atom. The summed E-state index contributed by atoms with van der Waals surface area (Å²) in [5.74, 6) is 0.100. The molecule has 0 bridgehead atoms. The molecule has 18 heavy (non-hydrogen) atoms. The summed E-state index contributed by atoms with van der Waals surface area (Å²) in [6, 6.07) is 11.8. The molecule has 0 fully saturated rings. The van der Waals surface area contributed by atoms with Crippen molar-refractivity contribution >= 4 is 27.6 Å². The maximum absolute atomic E-state index is 10.8. The SMILES string of the molecule is Nc1cc(Oc2ccc(Br)cc2)ccc1C(=O)O. The highest BCUT2D eigenvalue weighted by molar-refractivity contribution is 9.10. The highest BCUT2D eigenvalue weighted by atomic mass is 79.9. The number of ether oxygens (including phenoxy) is 1. The molecule has 0 amide bonds. The first-order valence-corrected chi connectivity index (χ1v) is 5.92. The molecule has 2 aromatic carbocycles. The summed E-state index contributed by atoms with van der Waals surface area (Å²) >= 11 is 3.33. The van der Waals surface area contributed by atoms with E-state index in [4.69, 9.17) is 15.6 Å². The van der Waals surface area contributed by atoms with Gasteiger partial charge >= 0.3 is 5.97 Å². The predicted molar refractivity (Wildman–Crippen MR) is 72.0 cm³/mol. The Balaban J connectivity index is 2.22. The lowest BCUT2D eigenvalue weighted by atomic mass is 10.2. The second-order valence-electron chi connectivity index (χ2n) is 3.61. The van der Waals surface area contributed by atoms with Gasteiger partial charge < -0.3 is 15.6 Å². The Morgan fingerprint density at radius 1 is 1.11 bits per heavy atom. The van der Waals surface area contributed by atoms with Crippen LogP contribution in [-0.4, -0.2) is 11.1 Å². The van der Waals surface area contributed by atoms with E-state index in [2.05, 4.69) is 15.9 Å². The molecule has 5 heteroatoms. The minimum atomic E-state index is -1.05. The Bertz CT molecular complexity index is 581. The molecule has 3 N–H and O–H groups in total. The van der Waals surface area contributed by atoms with Gasteiger partial charge in [-0.05, 0) is 36.4 Å². The second-order valence-corrected chi connectivity index (χ2v) is 4.53. The fourth-order valence-corrected chi connectivity index (χ4v) is 1.70. The molecule has 0 unspecified atom stereocenters. The summed E-state index contributed by atoms with van der Waals surface area (Å²) in [6.07, 6.45) is 0. The van der Waals surface area contributed by atoms with Crippen molar-refractivity contribution in [1.82, 2.24) is 0 Å². The largest absolute Gasteiger partial charge is 0.478 e. The number of carboxylic acid groups (broad SMARTS) is 1. The van der Waals surface area contributed by atoms with Gasteiger partial charge in [0.05, 0.1) is 5.56 Å². The summed E-state index contributed by atoms with van der Waals surface area (Å²) in [6.45, 7) is 0. The van der Waals surface area contributed by atoms with Gasteiger partial charge in [-0.2, -0.15) is 0 Å². The predicted octanol–water partition coefficient (Wildman–Crippen LogP) is 3.52. The third-order valence-corrected chi connectivity index (χ3v) is 2.83. The van der Waals surface area contributed by atoms with Gasteiger partial charge in [0.15, 0.2) is 0 Å². The van der Waals surface area contributed by atoms with E-state index in [0.29, 0.717) is 11.5 Å². The average Bonchev–Trinajstić information content (AvgIpc) is 2.32. The number of hydrogen-bond acceptors (Lipinski definition) is 3. The summed E-state index contributed by atoms with van der Waals surface area (Å²) < 4.78 is 6.51. The van der Waals surface area contributed by atoms with Gasteiger partial charge in [-0.25, -0.2) is 4.79 Å². The van der Waals surface area contributed by atoms with Crippen LogP contribution in [0.5, 0.6) is 11.5 Å². The van der Waals surface area contributed by atoms with Crippen LogP contribution < -0.4 is 10.5 Å². The van der Waals surface area contributed by atoms with Crippen LogP contribution in [0.3, 0.4) is 0 Å². The Kier molecular flexibility index (Phi) is 3.53. The van der Waals surface area contributed by atoms with Crippen molar-refractivity contribution in [1.29, 1.82) is 0 Å². The Morgan fingerprint density at radius 3 is 2.28 bits per heavy atom. The number of carboxylic acids is 1. The minimum absolute atomic E-state index is 0.0677. The summed E-state index contributed by atoms with van der Waals surface area (Å²) in [5, 5.41) is 8.85. The van der Waals surface area contributed by atoms with E-state index in [0.717, 1.165) is 4.47 Å². The van der Waals surface area contributed by atoms with Crippen molar-refractivity contribution in [3.8, 4) is 11.5 Å². The van der Waals surface area contributed by atoms with Crippen molar-refractivity contribution < 1.29 is 14.6 Å². The first-order chi connectivity index (χ1) is 8.56. The Labute approximate surface area is 112 Å². The van der Waals surface area contributed by atoms with Gasteiger partial charge in [-0.3, -0.25) is 0 Å². The van der Waals surface area contributed by atoms with Crippen molar-refractivity contribution in [3.05, 3.63) is 52.5 Å². The highest BCUT2D eigenvalue weighted by Gasteiger charge is 2.08. The van der Waals surface area contributed by atoms with Gasteiger partial charge in [0.1, 0.15) is 11.5 Å². The van der Waals surface area contributed by atoms with E-state index in [-0.39, 0.29) is 11.3 Å². The molecule has 0 radical (unpaired) electrons. The van der Waals surface area contributed by atoms with E-state index < -0.39 is 5.97 Å². The topological polar surface area (TPSA) is 72.5 Å². The summed E-state index contributed by atoms with van der Waals surface area (Å²) in [4.78, 5) is 10.8. The van der Waals surface area contributed by atoms with Crippen LogP contribution >= 0.6 is 15.9 Å². The van der Waals surface area contributed by atoms with E-state index in [9.17, 15) is 4.79 Å². The van der Waals surface area contributed by atoms with Crippen LogP contribution in [0, 0.1) is 0 Å². The molecule has 2 aromatic rings. The lowest BCUT2D eigenvalue weighted by Crippen LogP contribution is -2.02. The maximum Gasteiger partial charge on any atom is 0.337 e. The zero-order chi connectivity index (χ0) is 13.1. The van der Waals surface area contributed by atoms with Gasteiger partial charge in [0, 0.05) is 16.2 Å². The first-order valence-electron chi connectivity index (χ1n) is 5.12. The molecular weight excluding hydrogens is 298 g/mol. The van der Waals surface area contributed by atoms with E-state index in [1.807, 2.05) is 12.1 Å². The number of halogens is 1. The van der Waals surface area contributed by atoms with Crippen molar-refractivity contribution in [2.24, 2.45) is 0 Å². The van der Waals surface area contributed by atoms with Gasteiger partial charge in [-0.15, -0.1) is 0 Å². The van der Waals surface area contributed by atoms with Crippen molar-refractivity contribution in [3.63, 3.8) is 0 Å². The molecule has 0 atom stereocenters. The van der Waals surface area contributed by atoms with Crippen molar-refractivity contribution in [2.75, 3.05) is 5.73 Å². The monoisotopic (exact) mass is 307 g/mol. The van der Waals surface area contributed by atoms with Crippen LogP contribution in [-0.2, 0) is 0 Å². The number of rotatable bonds is 3. The third-order valence-electron chi connectivity index (χ3n) is 2.30. The van der Waals surface area contributed by atoms with Gasteiger partial charge in [0.2, 0.25) is 0 Å². The number of anilines is 1. The molecule has 2 rings (SSSR count). The molecule has 4 nitrogen and oxygen atoms in total. The quantitative estimate of drug-likeness (QED) is 0.851. The fraction of sp³-hybridized carbons (Fsp3) is 0. The lowest BCUT2D eigenvalue weighted by molar-refractivity contribution is 0.0698. The minimum Gasteiger partial charge on any atom is -0.478 e. The normalized spacial score (nSPS) is 10.1. The molecule has 0 aliphatic rings. The molecule has 92 valence electrons. The summed E-state index contributed by atoms with van der Waals surface area (Å²) in [7, 11) is 0. The Hall–Kier alpha value is -2.01. The zero-order valence-electron chi connectivity index (χ0n) is 9.26. The fourth-order valence-electron chi connectivity index (χ4n) is 1.44. The summed E-state index contributed by atoms with van der Waals surface area (Å²) in [5.41, 5.74) is 5.88. The number of nitrogen functional groups attached to an aromatic ring is 1. The number of carbonyl (C=O) groups is 1. The molecule has 0 aliphatic carbocycles. The maximum atomic E-state index is 10.8. The van der Waals surface area contributed by atoms with Gasteiger partial charge in [0.25, 0.3) is 0 Å². The molecule has 0 saturated heterocycles. The number of benzene rings is 2. The third kappa shape index (κ3) is 2.81. The number of nitrogens with two attached hydrogens (primary N) is 1. The smallest absolute Gasteiger partial charge is 0.337 e. The first kappa shape index (κ1) is 12.4. The highest BCUT2D eigenvalue weighted by Crippen LogP contribution is 2.26. The van der Waals surface area contributed by atoms with Crippen LogP contribution in [0.15, 0.2) is 46.9 Å². The van der Waals surface area contributed by atoms with Crippen LogP contribution in [0.25, 0.3) is 0 Å². The molecule has 0 aliphatic heterocycles. The second kappa shape index (κ2) is 5.10. The van der Waals surface area contributed by atoms with E-state index >= 15 is 0 Å². The van der Waals surface area contributed by atoms with Crippen LogP contribution in [0.1, 0.15) is 10.4 Å². The standard InChI is InChI=1S/C13H10BrNO3/c14-8-1-3-9(4-2-8)18-10-5-6-11(13(16)17)12(15)7-10/h1-7H,15H2,(H,16,17). The number of aromatic carboxylic acids is 1. The zero-order valence-corrected chi connectivity index (χ0v) is 10.8. The lowest BCUT2D eigenvalue weighted by Gasteiger charge is -2.07. The molecule has 0 spiro atoms. The van der Waals surface area contributed by atoms with E-state index in [1.165, 1.54) is 12.1 Å². The average molecular weight is 308 g/mol. The van der Waals surface area contributed by atoms with E-state index in [1.54, 1.807) is 18.2 Å².